The minimum Gasteiger partial charge on any atom is -0.454 e. The predicted molar refractivity (Wildman–Crippen MR) is 100 cm³/mol. The average Bonchev–Trinajstić information content (AvgIpc) is 2.87. The quantitative estimate of drug-likeness (QED) is 0.536. The van der Waals surface area contributed by atoms with Crippen molar-refractivity contribution in [3.8, 4) is 5.69 Å². The second-order valence-corrected chi connectivity index (χ2v) is 6.73. The summed E-state index contributed by atoms with van der Waals surface area (Å²) in [7, 11) is 0. The van der Waals surface area contributed by atoms with Gasteiger partial charge in [-0.3, -0.25) is 9.59 Å². The third-order valence-electron chi connectivity index (χ3n) is 4.14. The molecule has 0 N–H and O–H groups in total. The number of nitrogens with zero attached hydrogens (tertiary/aromatic N) is 1. The molecule has 0 fully saturated rings. The van der Waals surface area contributed by atoms with Crippen LogP contribution in [0.4, 0.5) is 0 Å². The van der Waals surface area contributed by atoms with Crippen molar-refractivity contribution < 1.29 is 19.1 Å². The molecule has 0 aliphatic heterocycles. The fourth-order valence-electron chi connectivity index (χ4n) is 2.81. The van der Waals surface area contributed by atoms with E-state index in [1.54, 1.807) is 25.1 Å². The van der Waals surface area contributed by atoms with Gasteiger partial charge in [0.25, 0.3) is 0 Å². The summed E-state index contributed by atoms with van der Waals surface area (Å²) in [5.41, 5.74) is 3.06. The van der Waals surface area contributed by atoms with E-state index in [1.807, 2.05) is 30.5 Å². The van der Waals surface area contributed by atoms with Crippen LogP contribution in [0.15, 0.2) is 30.3 Å². The first-order valence-corrected chi connectivity index (χ1v) is 8.76. The number of benzene rings is 1. The zero-order valence-electron chi connectivity index (χ0n) is 15.3. The molecule has 5 nitrogen and oxygen atoms in total. The van der Waals surface area contributed by atoms with Crippen LogP contribution in [0.3, 0.4) is 0 Å². The average molecular weight is 376 g/mol. The Labute approximate surface area is 157 Å². The van der Waals surface area contributed by atoms with Crippen molar-refractivity contribution in [2.24, 2.45) is 0 Å². The standard InChI is InChI=1S/C20H22ClNO4/c1-12-11-18(14(3)22(12)17-8-6-16(21)7-9-17)20(25)15(4)26-19(24)10-5-13(2)23/h6-9,11,15H,5,10H2,1-4H3/t15-/m0/s1. The summed E-state index contributed by atoms with van der Waals surface area (Å²) in [6.45, 7) is 6.71. The second-order valence-electron chi connectivity index (χ2n) is 6.29. The van der Waals surface area contributed by atoms with Crippen molar-refractivity contribution in [3.05, 3.63) is 52.3 Å². The fourth-order valence-corrected chi connectivity index (χ4v) is 2.93. The van der Waals surface area contributed by atoms with Crippen molar-refractivity contribution in [1.82, 2.24) is 4.57 Å². The lowest BCUT2D eigenvalue weighted by molar-refractivity contribution is -0.147. The molecule has 1 aromatic heterocycles. The molecule has 0 aliphatic rings. The van der Waals surface area contributed by atoms with Crippen LogP contribution in [-0.2, 0) is 14.3 Å². The molecule has 0 saturated heterocycles. The van der Waals surface area contributed by atoms with E-state index in [2.05, 4.69) is 0 Å². The van der Waals surface area contributed by atoms with Gasteiger partial charge in [0.2, 0.25) is 5.78 Å². The topological polar surface area (TPSA) is 65.4 Å². The smallest absolute Gasteiger partial charge is 0.306 e. The molecular weight excluding hydrogens is 354 g/mol. The Morgan fingerprint density at radius 2 is 1.73 bits per heavy atom. The van der Waals surface area contributed by atoms with Gasteiger partial charge in [-0.1, -0.05) is 11.6 Å². The molecule has 0 bridgehead atoms. The molecule has 1 atom stereocenters. The Hall–Kier alpha value is -2.40. The number of halogens is 1. The van der Waals surface area contributed by atoms with E-state index in [0.717, 1.165) is 17.1 Å². The Kier molecular flexibility index (Phi) is 6.37. The fraction of sp³-hybridized carbons (Fsp3) is 0.350. The van der Waals surface area contributed by atoms with Crippen molar-refractivity contribution in [2.45, 2.75) is 46.6 Å². The highest BCUT2D eigenvalue weighted by Gasteiger charge is 2.24. The van der Waals surface area contributed by atoms with Gasteiger partial charge in [0.15, 0.2) is 6.10 Å². The number of ketones is 2. The van der Waals surface area contributed by atoms with Crippen molar-refractivity contribution in [3.63, 3.8) is 0 Å². The van der Waals surface area contributed by atoms with Gasteiger partial charge in [-0.25, -0.2) is 0 Å². The van der Waals surface area contributed by atoms with Crippen molar-refractivity contribution in [2.75, 3.05) is 0 Å². The number of hydrogen-bond donors (Lipinski definition) is 0. The van der Waals surface area contributed by atoms with Crippen LogP contribution >= 0.6 is 11.6 Å². The highest BCUT2D eigenvalue weighted by molar-refractivity contribution is 6.30. The predicted octanol–water partition coefficient (Wildman–Crippen LogP) is 4.23. The Morgan fingerprint density at radius 3 is 2.31 bits per heavy atom. The SMILES string of the molecule is CC(=O)CCC(=O)O[C@@H](C)C(=O)c1cc(C)n(-c2ccc(Cl)cc2)c1C. The van der Waals surface area contributed by atoms with Crippen LogP contribution in [0.1, 0.15) is 48.4 Å². The monoisotopic (exact) mass is 375 g/mol. The Bertz CT molecular complexity index is 836. The van der Waals surface area contributed by atoms with E-state index < -0.39 is 12.1 Å². The lowest BCUT2D eigenvalue weighted by atomic mass is 10.1. The minimum absolute atomic E-state index is 0.0171. The van der Waals surface area contributed by atoms with E-state index in [-0.39, 0.29) is 24.4 Å². The molecule has 138 valence electrons. The van der Waals surface area contributed by atoms with E-state index in [4.69, 9.17) is 16.3 Å². The minimum atomic E-state index is -0.909. The van der Waals surface area contributed by atoms with Crippen LogP contribution in [0, 0.1) is 13.8 Å². The summed E-state index contributed by atoms with van der Waals surface area (Å²) in [4.78, 5) is 35.4. The zero-order valence-corrected chi connectivity index (χ0v) is 16.1. The summed E-state index contributed by atoms with van der Waals surface area (Å²) in [6, 6.07) is 9.11. The summed E-state index contributed by atoms with van der Waals surface area (Å²) in [5.74, 6) is -0.908. The van der Waals surface area contributed by atoms with Crippen LogP contribution in [0.2, 0.25) is 5.02 Å². The first-order valence-electron chi connectivity index (χ1n) is 8.38. The first-order chi connectivity index (χ1) is 12.2. The summed E-state index contributed by atoms with van der Waals surface area (Å²) in [5, 5.41) is 0.638. The van der Waals surface area contributed by atoms with Gasteiger partial charge in [0.05, 0.1) is 6.42 Å². The molecule has 2 rings (SSSR count). The van der Waals surface area contributed by atoms with Crippen molar-refractivity contribution in [1.29, 1.82) is 0 Å². The Balaban J connectivity index is 2.19. The third-order valence-corrected chi connectivity index (χ3v) is 4.39. The number of aryl methyl sites for hydroxylation is 1. The molecule has 26 heavy (non-hydrogen) atoms. The molecular formula is C20H22ClNO4. The summed E-state index contributed by atoms with van der Waals surface area (Å²) < 4.78 is 7.13. The van der Waals surface area contributed by atoms with Crippen molar-refractivity contribution >= 4 is 29.1 Å². The summed E-state index contributed by atoms with van der Waals surface area (Å²) >= 11 is 5.94. The highest BCUT2D eigenvalue weighted by atomic mass is 35.5. The number of carbonyl (C=O) groups excluding carboxylic acids is 3. The van der Waals surface area contributed by atoms with E-state index in [9.17, 15) is 14.4 Å². The Morgan fingerprint density at radius 1 is 1.12 bits per heavy atom. The molecule has 1 heterocycles. The maximum Gasteiger partial charge on any atom is 0.306 e. The van der Waals surface area contributed by atoms with Gasteiger partial charge >= 0.3 is 5.97 Å². The normalized spacial score (nSPS) is 11.9. The molecule has 0 amide bonds. The van der Waals surface area contributed by atoms with E-state index in [1.165, 1.54) is 6.92 Å². The molecule has 0 unspecified atom stereocenters. The number of carbonyl (C=O) groups is 3. The number of hydrogen-bond acceptors (Lipinski definition) is 4. The maximum absolute atomic E-state index is 12.7. The number of Topliss-reactive ketones (excluding diaryl/α,β-unsaturated/α-hetero) is 2. The van der Waals surface area contributed by atoms with Crippen LogP contribution in [0.5, 0.6) is 0 Å². The molecule has 2 aromatic rings. The van der Waals surface area contributed by atoms with Gasteiger partial charge in [-0.15, -0.1) is 0 Å². The number of ether oxygens (including phenoxy) is 1. The van der Waals surface area contributed by atoms with E-state index in [0.29, 0.717) is 10.6 Å². The number of aromatic nitrogens is 1. The highest BCUT2D eigenvalue weighted by Crippen LogP contribution is 2.23. The first kappa shape index (κ1) is 19.9. The van der Waals surface area contributed by atoms with Crippen LogP contribution in [0.25, 0.3) is 5.69 Å². The van der Waals surface area contributed by atoms with E-state index >= 15 is 0 Å². The van der Waals surface area contributed by atoms with Gasteiger partial charge in [-0.05, 0) is 58.0 Å². The number of rotatable bonds is 7. The summed E-state index contributed by atoms with van der Waals surface area (Å²) in [6.07, 6.45) is -0.810. The maximum atomic E-state index is 12.7. The molecule has 1 aromatic carbocycles. The third kappa shape index (κ3) is 4.61. The largest absolute Gasteiger partial charge is 0.454 e. The second kappa shape index (κ2) is 8.32. The van der Waals surface area contributed by atoms with Gasteiger partial charge in [0.1, 0.15) is 5.78 Å². The molecule has 6 heteroatoms. The lowest BCUT2D eigenvalue weighted by Gasteiger charge is -2.13. The van der Waals surface area contributed by atoms with Gasteiger partial charge in [-0.2, -0.15) is 0 Å². The van der Waals surface area contributed by atoms with Crippen LogP contribution in [-0.4, -0.2) is 28.2 Å². The van der Waals surface area contributed by atoms with Gasteiger partial charge in [0, 0.05) is 34.1 Å². The van der Waals surface area contributed by atoms with Gasteiger partial charge < -0.3 is 14.1 Å². The number of esters is 1. The van der Waals surface area contributed by atoms with Crippen LogP contribution < -0.4 is 0 Å². The molecule has 0 aliphatic carbocycles. The molecule has 0 spiro atoms. The molecule has 0 radical (unpaired) electrons. The zero-order chi connectivity index (χ0) is 19.4. The molecule has 0 saturated carbocycles. The lowest BCUT2D eigenvalue weighted by Crippen LogP contribution is -2.25.